The molecule has 7 nitrogen and oxygen atoms in total. The maximum absolute atomic E-state index is 12.1. The molecule has 0 bridgehead atoms. The largest absolute Gasteiger partial charge is 0.352 e. The van der Waals surface area contributed by atoms with Gasteiger partial charge in [-0.1, -0.05) is 31.4 Å². The van der Waals surface area contributed by atoms with Crippen LogP contribution in [0.2, 0.25) is 0 Å². The highest BCUT2D eigenvalue weighted by Crippen LogP contribution is 2.21. The number of halogens is 1. The Kier molecular flexibility index (Phi) is 9.69. The normalized spacial score (nSPS) is 17.6. The summed E-state index contributed by atoms with van der Waals surface area (Å²) in [4.78, 5) is 29.9. The fraction of sp³-hybridized carbons (Fsp3) is 0.571. The number of rotatable bonds is 6. The number of anilines is 1. The van der Waals surface area contributed by atoms with Crippen molar-refractivity contribution in [2.75, 3.05) is 25.0 Å². The van der Waals surface area contributed by atoms with Crippen LogP contribution in [0.3, 0.4) is 0 Å². The molecule has 160 valence electrons. The second-order valence-corrected chi connectivity index (χ2v) is 7.50. The third-order valence-electron chi connectivity index (χ3n) is 5.39. The highest BCUT2D eigenvalue weighted by molar-refractivity contribution is 14.0. The van der Waals surface area contributed by atoms with Crippen LogP contribution < -0.4 is 20.9 Å². The van der Waals surface area contributed by atoms with Crippen LogP contribution in [0.4, 0.5) is 5.69 Å². The van der Waals surface area contributed by atoms with Crippen molar-refractivity contribution < 1.29 is 9.59 Å². The number of hydrogen-bond acceptors (Lipinski definition) is 3. The van der Waals surface area contributed by atoms with E-state index in [0.717, 1.165) is 37.1 Å². The van der Waals surface area contributed by atoms with Crippen LogP contribution >= 0.6 is 24.0 Å². The third kappa shape index (κ3) is 7.17. The topological polar surface area (TPSA) is 85.8 Å². The Morgan fingerprint density at radius 3 is 2.45 bits per heavy atom. The number of nitrogens with zero attached hydrogens (tertiary/aromatic N) is 2. The number of hydrogen-bond donors (Lipinski definition) is 3. The summed E-state index contributed by atoms with van der Waals surface area (Å²) >= 11 is 0. The average Bonchev–Trinajstić information content (AvgIpc) is 3.15. The van der Waals surface area contributed by atoms with Gasteiger partial charge in [0.05, 0.1) is 6.54 Å². The van der Waals surface area contributed by atoms with Crippen molar-refractivity contribution in [3.63, 3.8) is 0 Å². The standard InChI is InChI=1S/C21H31N5O2.HI/c1-22-21(24-15-19(27)25-17-6-3-2-4-7-17)23-14-16-9-11-18(12-10-16)26-13-5-8-20(26)28;/h9-12,17H,2-8,13-15H2,1H3,(H,25,27)(H2,22,23,24);1H. The van der Waals surface area contributed by atoms with Crippen molar-refractivity contribution in [2.45, 2.75) is 57.5 Å². The Morgan fingerprint density at radius 1 is 1.10 bits per heavy atom. The molecule has 2 amide bonds. The minimum Gasteiger partial charge on any atom is -0.352 e. The zero-order chi connectivity index (χ0) is 19.8. The fourth-order valence-corrected chi connectivity index (χ4v) is 3.81. The van der Waals surface area contributed by atoms with Gasteiger partial charge in [0.15, 0.2) is 5.96 Å². The summed E-state index contributed by atoms with van der Waals surface area (Å²) in [5.74, 6) is 0.800. The van der Waals surface area contributed by atoms with Crippen LogP contribution in [0.5, 0.6) is 0 Å². The lowest BCUT2D eigenvalue weighted by Gasteiger charge is -2.23. The smallest absolute Gasteiger partial charge is 0.239 e. The van der Waals surface area contributed by atoms with E-state index in [4.69, 9.17) is 0 Å². The summed E-state index contributed by atoms with van der Waals surface area (Å²) in [7, 11) is 1.69. The average molecular weight is 513 g/mol. The molecule has 29 heavy (non-hydrogen) atoms. The van der Waals surface area contributed by atoms with E-state index in [2.05, 4.69) is 20.9 Å². The second kappa shape index (κ2) is 12.0. The first-order valence-electron chi connectivity index (χ1n) is 10.3. The first kappa shape index (κ1) is 23.4. The molecule has 0 aromatic heterocycles. The molecule has 0 unspecified atom stereocenters. The van der Waals surface area contributed by atoms with Crippen molar-refractivity contribution >= 4 is 47.4 Å². The van der Waals surface area contributed by atoms with Gasteiger partial charge in [0.1, 0.15) is 0 Å². The third-order valence-corrected chi connectivity index (χ3v) is 5.39. The molecule has 1 heterocycles. The molecule has 1 saturated heterocycles. The summed E-state index contributed by atoms with van der Waals surface area (Å²) in [6.45, 7) is 1.61. The Labute approximate surface area is 190 Å². The van der Waals surface area contributed by atoms with Gasteiger partial charge in [-0.25, -0.2) is 0 Å². The lowest BCUT2D eigenvalue weighted by atomic mass is 9.95. The highest BCUT2D eigenvalue weighted by Gasteiger charge is 2.21. The van der Waals surface area contributed by atoms with Crippen LogP contribution in [-0.4, -0.2) is 44.0 Å². The molecule has 3 rings (SSSR count). The zero-order valence-electron chi connectivity index (χ0n) is 17.1. The summed E-state index contributed by atoms with van der Waals surface area (Å²) in [6, 6.07) is 8.30. The van der Waals surface area contributed by atoms with E-state index in [0.29, 0.717) is 25.0 Å². The van der Waals surface area contributed by atoms with E-state index in [-0.39, 0.29) is 42.3 Å². The lowest BCUT2D eigenvalue weighted by molar-refractivity contribution is -0.121. The van der Waals surface area contributed by atoms with Crippen molar-refractivity contribution in [3.8, 4) is 0 Å². The molecule has 2 fully saturated rings. The van der Waals surface area contributed by atoms with E-state index >= 15 is 0 Å². The van der Waals surface area contributed by atoms with Crippen molar-refractivity contribution in [1.82, 2.24) is 16.0 Å². The maximum Gasteiger partial charge on any atom is 0.239 e. The molecular formula is C21H32IN5O2. The molecule has 1 aromatic carbocycles. The number of benzene rings is 1. The monoisotopic (exact) mass is 513 g/mol. The summed E-state index contributed by atoms with van der Waals surface area (Å²) < 4.78 is 0. The maximum atomic E-state index is 12.1. The molecular weight excluding hydrogens is 481 g/mol. The van der Waals surface area contributed by atoms with Gasteiger partial charge in [-0.05, 0) is 37.0 Å². The van der Waals surface area contributed by atoms with Crippen LogP contribution in [0.15, 0.2) is 29.3 Å². The van der Waals surface area contributed by atoms with Gasteiger partial charge in [-0.2, -0.15) is 0 Å². The minimum atomic E-state index is 0. The lowest BCUT2D eigenvalue weighted by Crippen LogP contribution is -2.45. The first-order chi connectivity index (χ1) is 13.7. The molecule has 0 atom stereocenters. The molecule has 3 N–H and O–H groups in total. The molecule has 0 radical (unpaired) electrons. The van der Waals surface area contributed by atoms with Crippen LogP contribution in [0.1, 0.15) is 50.5 Å². The Balaban J connectivity index is 0.00000300. The summed E-state index contributed by atoms with van der Waals surface area (Å²) in [5.41, 5.74) is 2.04. The van der Waals surface area contributed by atoms with E-state index < -0.39 is 0 Å². The number of carbonyl (C=O) groups excluding carboxylic acids is 2. The number of guanidine groups is 1. The Hall–Kier alpha value is -1.84. The number of aliphatic imine (C=N–C) groups is 1. The van der Waals surface area contributed by atoms with E-state index in [1.165, 1.54) is 19.3 Å². The minimum absolute atomic E-state index is 0. The Bertz CT molecular complexity index is 702. The fourth-order valence-electron chi connectivity index (χ4n) is 3.81. The molecule has 1 aromatic rings. The predicted molar refractivity (Wildman–Crippen MR) is 127 cm³/mol. The summed E-state index contributed by atoms with van der Waals surface area (Å²) in [6.07, 6.45) is 7.41. The molecule has 8 heteroatoms. The zero-order valence-corrected chi connectivity index (χ0v) is 19.4. The highest BCUT2D eigenvalue weighted by atomic mass is 127. The van der Waals surface area contributed by atoms with Gasteiger partial charge in [-0.15, -0.1) is 24.0 Å². The van der Waals surface area contributed by atoms with Crippen molar-refractivity contribution in [3.05, 3.63) is 29.8 Å². The molecule has 1 aliphatic heterocycles. The van der Waals surface area contributed by atoms with Crippen molar-refractivity contribution in [1.29, 1.82) is 0 Å². The van der Waals surface area contributed by atoms with E-state index in [1.54, 1.807) is 7.05 Å². The van der Waals surface area contributed by atoms with E-state index in [1.807, 2.05) is 29.2 Å². The van der Waals surface area contributed by atoms with Gasteiger partial charge in [0.25, 0.3) is 0 Å². The molecule has 1 saturated carbocycles. The predicted octanol–water partition coefficient (Wildman–Crippen LogP) is 2.55. The van der Waals surface area contributed by atoms with E-state index in [9.17, 15) is 9.59 Å². The number of nitrogens with one attached hydrogen (secondary N) is 3. The second-order valence-electron chi connectivity index (χ2n) is 7.50. The van der Waals surface area contributed by atoms with Gasteiger partial charge < -0.3 is 20.9 Å². The van der Waals surface area contributed by atoms with Gasteiger partial charge >= 0.3 is 0 Å². The molecule has 0 spiro atoms. The Morgan fingerprint density at radius 2 is 1.83 bits per heavy atom. The first-order valence-corrected chi connectivity index (χ1v) is 10.3. The van der Waals surface area contributed by atoms with Crippen LogP contribution in [-0.2, 0) is 16.1 Å². The SMILES string of the molecule is CN=C(NCC(=O)NC1CCCCC1)NCc1ccc(N2CCCC2=O)cc1.I. The van der Waals surface area contributed by atoms with Crippen LogP contribution in [0, 0.1) is 0 Å². The van der Waals surface area contributed by atoms with Gasteiger partial charge in [-0.3, -0.25) is 14.6 Å². The molecule has 1 aliphatic carbocycles. The van der Waals surface area contributed by atoms with Crippen LogP contribution in [0.25, 0.3) is 0 Å². The summed E-state index contributed by atoms with van der Waals surface area (Å²) in [5, 5.41) is 9.38. The van der Waals surface area contributed by atoms with Gasteiger partial charge in [0.2, 0.25) is 11.8 Å². The molecule has 2 aliphatic rings. The number of carbonyl (C=O) groups is 2. The van der Waals surface area contributed by atoms with Crippen molar-refractivity contribution in [2.24, 2.45) is 4.99 Å². The quantitative estimate of drug-likeness (QED) is 0.310. The number of amides is 2. The van der Waals surface area contributed by atoms with Gasteiger partial charge in [0, 0.05) is 38.3 Å².